The minimum absolute atomic E-state index is 0.211. The molecule has 2 unspecified atom stereocenters. The van der Waals surface area contributed by atoms with Crippen LogP contribution in [0.2, 0.25) is 0 Å². The fourth-order valence-corrected chi connectivity index (χ4v) is 1.43. The Hall–Kier alpha value is -0.120. The van der Waals surface area contributed by atoms with Crippen LogP contribution in [0.15, 0.2) is 0 Å². The van der Waals surface area contributed by atoms with Crippen molar-refractivity contribution in [3.8, 4) is 0 Å². The molecule has 2 saturated heterocycles. The van der Waals surface area contributed by atoms with Gasteiger partial charge in [-0.15, -0.1) is 0 Å². The summed E-state index contributed by atoms with van der Waals surface area (Å²) in [7, 11) is 0. The van der Waals surface area contributed by atoms with Gasteiger partial charge in [-0.1, -0.05) is 0 Å². The van der Waals surface area contributed by atoms with E-state index >= 15 is 0 Å². The molecule has 0 radical (unpaired) electrons. The molecule has 0 aromatic rings. The number of hydrogen-bond acceptors (Lipinski definition) is 3. The van der Waals surface area contributed by atoms with E-state index in [2.05, 4.69) is 0 Å². The molecule has 3 nitrogen and oxygen atoms in total. The van der Waals surface area contributed by atoms with Crippen molar-refractivity contribution in [2.45, 2.75) is 18.6 Å². The minimum Gasteiger partial charge on any atom is -0.376 e. The molecular formula is C7H12O3. The van der Waals surface area contributed by atoms with Gasteiger partial charge in [0.2, 0.25) is 0 Å². The molecule has 2 fully saturated rings. The lowest BCUT2D eigenvalue weighted by atomic mass is 10.2. The van der Waals surface area contributed by atoms with Gasteiger partial charge in [0, 0.05) is 6.61 Å². The van der Waals surface area contributed by atoms with Crippen molar-refractivity contribution in [1.29, 1.82) is 0 Å². The predicted molar refractivity (Wildman–Crippen MR) is 34.9 cm³/mol. The summed E-state index contributed by atoms with van der Waals surface area (Å²) in [5.74, 6) is 0. The Morgan fingerprint density at radius 2 is 1.80 bits per heavy atom. The second-order valence-electron chi connectivity index (χ2n) is 2.68. The smallest absolute Gasteiger partial charge is 0.107 e. The molecule has 2 aliphatic rings. The Morgan fingerprint density at radius 1 is 0.900 bits per heavy atom. The highest BCUT2D eigenvalue weighted by Gasteiger charge is 2.30. The first kappa shape index (κ1) is 6.58. The first-order valence-electron chi connectivity index (χ1n) is 3.78. The van der Waals surface area contributed by atoms with Crippen molar-refractivity contribution >= 4 is 0 Å². The summed E-state index contributed by atoms with van der Waals surface area (Å²) in [4.78, 5) is 0. The lowest BCUT2D eigenvalue weighted by Crippen LogP contribution is -2.25. The molecule has 2 aliphatic heterocycles. The summed E-state index contributed by atoms with van der Waals surface area (Å²) >= 11 is 0. The maximum atomic E-state index is 5.48. The van der Waals surface area contributed by atoms with Gasteiger partial charge >= 0.3 is 0 Å². The SMILES string of the molecule is C1COC2CCOC2CO1. The molecule has 58 valence electrons. The number of ether oxygens (including phenoxy) is 3. The summed E-state index contributed by atoms with van der Waals surface area (Å²) in [6.45, 7) is 2.99. The van der Waals surface area contributed by atoms with E-state index in [1.807, 2.05) is 0 Å². The zero-order valence-corrected chi connectivity index (χ0v) is 5.91. The molecule has 3 heteroatoms. The van der Waals surface area contributed by atoms with Gasteiger partial charge in [-0.05, 0) is 6.42 Å². The lowest BCUT2D eigenvalue weighted by Gasteiger charge is -2.12. The Balaban J connectivity index is 1.95. The summed E-state index contributed by atoms with van der Waals surface area (Å²) in [5.41, 5.74) is 0. The second kappa shape index (κ2) is 2.86. The van der Waals surface area contributed by atoms with Crippen LogP contribution >= 0.6 is 0 Å². The maximum absolute atomic E-state index is 5.48. The normalized spacial score (nSPS) is 40.8. The molecule has 2 heterocycles. The maximum Gasteiger partial charge on any atom is 0.107 e. The zero-order chi connectivity index (χ0) is 6.81. The van der Waals surface area contributed by atoms with Gasteiger partial charge in [0.1, 0.15) is 6.10 Å². The van der Waals surface area contributed by atoms with Crippen LogP contribution in [0.1, 0.15) is 6.42 Å². The van der Waals surface area contributed by atoms with Gasteiger partial charge < -0.3 is 14.2 Å². The molecule has 0 amide bonds. The van der Waals surface area contributed by atoms with E-state index < -0.39 is 0 Å². The number of hydrogen-bond donors (Lipinski definition) is 0. The van der Waals surface area contributed by atoms with E-state index in [1.165, 1.54) is 0 Å². The Labute approximate surface area is 60.3 Å². The monoisotopic (exact) mass is 144 g/mol. The average molecular weight is 144 g/mol. The van der Waals surface area contributed by atoms with Gasteiger partial charge in [-0.25, -0.2) is 0 Å². The third kappa shape index (κ3) is 1.17. The van der Waals surface area contributed by atoms with Crippen LogP contribution < -0.4 is 0 Å². The number of rotatable bonds is 0. The van der Waals surface area contributed by atoms with Gasteiger partial charge in [0.15, 0.2) is 0 Å². The van der Waals surface area contributed by atoms with Crippen LogP contribution in [0.5, 0.6) is 0 Å². The molecule has 0 aliphatic carbocycles. The topological polar surface area (TPSA) is 27.7 Å². The van der Waals surface area contributed by atoms with E-state index in [9.17, 15) is 0 Å². The highest BCUT2D eigenvalue weighted by molar-refractivity contribution is 4.77. The molecule has 0 aromatic carbocycles. The van der Waals surface area contributed by atoms with Crippen LogP contribution in [0.25, 0.3) is 0 Å². The van der Waals surface area contributed by atoms with Gasteiger partial charge in [-0.3, -0.25) is 0 Å². The molecular weight excluding hydrogens is 132 g/mol. The first-order valence-corrected chi connectivity index (χ1v) is 3.78. The van der Waals surface area contributed by atoms with E-state index in [1.54, 1.807) is 0 Å². The fraction of sp³-hybridized carbons (Fsp3) is 1.00. The van der Waals surface area contributed by atoms with Crippen LogP contribution in [0.3, 0.4) is 0 Å². The number of fused-ring (bicyclic) bond motifs is 1. The fourth-order valence-electron chi connectivity index (χ4n) is 1.43. The third-order valence-electron chi connectivity index (χ3n) is 1.99. The molecule has 2 rings (SSSR count). The summed E-state index contributed by atoms with van der Waals surface area (Å²) < 4.78 is 16.1. The lowest BCUT2D eigenvalue weighted by molar-refractivity contribution is 0.00128. The van der Waals surface area contributed by atoms with Crippen molar-refractivity contribution in [2.24, 2.45) is 0 Å². The van der Waals surface area contributed by atoms with Crippen LogP contribution in [-0.4, -0.2) is 38.6 Å². The Bertz CT molecular complexity index is 103. The first-order chi connectivity index (χ1) is 4.97. The molecule has 0 spiro atoms. The van der Waals surface area contributed by atoms with Gasteiger partial charge in [-0.2, -0.15) is 0 Å². The molecule has 0 saturated carbocycles. The average Bonchev–Trinajstić information content (AvgIpc) is 2.28. The molecule has 10 heavy (non-hydrogen) atoms. The summed E-state index contributed by atoms with van der Waals surface area (Å²) in [5, 5.41) is 0. The summed E-state index contributed by atoms with van der Waals surface area (Å²) in [6, 6.07) is 0. The largest absolute Gasteiger partial charge is 0.376 e. The standard InChI is InChI=1S/C7H12O3/c1-2-9-7-5-8-3-4-10-6(1)7/h6-7H,1-5H2. The zero-order valence-electron chi connectivity index (χ0n) is 5.91. The van der Waals surface area contributed by atoms with Crippen molar-refractivity contribution in [3.63, 3.8) is 0 Å². The quantitative estimate of drug-likeness (QED) is 0.485. The van der Waals surface area contributed by atoms with Gasteiger partial charge in [0.05, 0.1) is 25.9 Å². The van der Waals surface area contributed by atoms with Crippen molar-refractivity contribution in [1.82, 2.24) is 0 Å². The highest BCUT2D eigenvalue weighted by Crippen LogP contribution is 2.18. The second-order valence-corrected chi connectivity index (χ2v) is 2.68. The van der Waals surface area contributed by atoms with Crippen molar-refractivity contribution < 1.29 is 14.2 Å². The van der Waals surface area contributed by atoms with E-state index in [0.29, 0.717) is 12.7 Å². The van der Waals surface area contributed by atoms with Gasteiger partial charge in [0.25, 0.3) is 0 Å². The van der Waals surface area contributed by atoms with Crippen LogP contribution in [0, 0.1) is 0 Å². The van der Waals surface area contributed by atoms with E-state index in [4.69, 9.17) is 14.2 Å². The molecule has 2 atom stereocenters. The highest BCUT2D eigenvalue weighted by atomic mass is 16.6. The van der Waals surface area contributed by atoms with Crippen molar-refractivity contribution in [2.75, 3.05) is 26.4 Å². The van der Waals surface area contributed by atoms with E-state index in [-0.39, 0.29) is 6.10 Å². The van der Waals surface area contributed by atoms with Crippen molar-refractivity contribution in [3.05, 3.63) is 0 Å². The predicted octanol–water partition coefficient (Wildman–Crippen LogP) is 0.191. The van der Waals surface area contributed by atoms with Crippen LogP contribution in [0.4, 0.5) is 0 Å². The molecule has 0 bridgehead atoms. The summed E-state index contributed by atoms with van der Waals surface area (Å²) in [6.07, 6.45) is 1.55. The molecule has 0 aromatic heterocycles. The Kier molecular flexibility index (Phi) is 1.88. The third-order valence-corrected chi connectivity index (χ3v) is 1.99. The van der Waals surface area contributed by atoms with E-state index in [0.717, 1.165) is 26.2 Å². The van der Waals surface area contributed by atoms with Crippen LogP contribution in [-0.2, 0) is 14.2 Å². The minimum atomic E-state index is 0.211. The molecule has 0 N–H and O–H groups in total. The Morgan fingerprint density at radius 3 is 2.80 bits per heavy atom.